The van der Waals surface area contributed by atoms with Gasteiger partial charge in [0.25, 0.3) is 0 Å². The Kier molecular flexibility index (Phi) is 5.60. The van der Waals surface area contributed by atoms with E-state index in [4.69, 9.17) is 21.1 Å². The van der Waals surface area contributed by atoms with Gasteiger partial charge in [-0.1, -0.05) is 23.7 Å². The SMILES string of the molecule is CC(=O)N[C@H]1[C@@H](Oc2ccccc2Cl)O[C@H](CO)[C@H](O)[C@@H]1O. The molecule has 1 saturated heterocycles. The van der Waals surface area contributed by atoms with E-state index in [0.717, 1.165) is 0 Å². The van der Waals surface area contributed by atoms with Crippen LogP contribution in [-0.4, -0.2) is 58.5 Å². The number of hydrogen-bond donors (Lipinski definition) is 4. The molecule has 0 bridgehead atoms. The number of aliphatic hydroxyl groups is 3. The topological polar surface area (TPSA) is 108 Å². The second-order valence-corrected chi connectivity index (χ2v) is 5.39. The fourth-order valence-corrected chi connectivity index (χ4v) is 2.42. The number of carbonyl (C=O) groups is 1. The van der Waals surface area contributed by atoms with Crippen LogP contribution >= 0.6 is 11.6 Å². The van der Waals surface area contributed by atoms with Gasteiger partial charge in [0.1, 0.15) is 30.1 Å². The maximum absolute atomic E-state index is 11.3. The highest BCUT2D eigenvalue weighted by Gasteiger charge is 2.46. The van der Waals surface area contributed by atoms with E-state index in [1.807, 2.05) is 0 Å². The van der Waals surface area contributed by atoms with Crippen LogP contribution in [0.5, 0.6) is 5.75 Å². The van der Waals surface area contributed by atoms with E-state index in [2.05, 4.69) is 5.32 Å². The van der Waals surface area contributed by atoms with E-state index in [0.29, 0.717) is 10.8 Å². The highest BCUT2D eigenvalue weighted by Crippen LogP contribution is 2.28. The van der Waals surface area contributed by atoms with Gasteiger partial charge < -0.3 is 30.1 Å². The van der Waals surface area contributed by atoms with Crippen LogP contribution in [0.1, 0.15) is 6.92 Å². The molecule has 8 heteroatoms. The molecule has 0 unspecified atom stereocenters. The minimum atomic E-state index is -1.36. The van der Waals surface area contributed by atoms with Crippen molar-refractivity contribution in [3.63, 3.8) is 0 Å². The summed E-state index contributed by atoms with van der Waals surface area (Å²) in [6.07, 6.45) is -4.86. The molecule has 2 rings (SSSR count). The molecule has 1 fully saturated rings. The lowest BCUT2D eigenvalue weighted by Crippen LogP contribution is -2.65. The Bertz CT molecular complexity index is 528. The molecule has 0 radical (unpaired) electrons. The smallest absolute Gasteiger partial charge is 0.223 e. The van der Waals surface area contributed by atoms with Crippen molar-refractivity contribution in [3.05, 3.63) is 29.3 Å². The summed E-state index contributed by atoms with van der Waals surface area (Å²) < 4.78 is 11.0. The highest BCUT2D eigenvalue weighted by atomic mass is 35.5. The zero-order chi connectivity index (χ0) is 16.3. The van der Waals surface area contributed by atoms with Gasteiger partial charge in [0.15, 0.2) is 0 Å². The second-order valence-electron chi connectivity index (χ2n) is 4.98. The van der Waals surface area contributed by atoms with Gasteiger partial charge in [0.05, 0.1) is 11.6 Å². The van der Waals surface area contributed by atoms with Gasteiger partial charge in [-0.05, 0) is 12.1 Å². The summed E-state index contributed by atoms with van der Waals surface area (Å²) in [5.74, 6) is -0.125. The molecule has 4 N–H and O–H groups in total. The number of nitrogens with one attached hydrogen (secondary N) is 1. The third kappa shape index (κ3) is 3.68. The van der Waals surface area contributed by atoms with Crippen molar-refractivity contribution >= 4 is 17.5 Å². The van der Waals surface area contributed by atoms with Gasteiger partial charge >= 0.3 is 0 Å². The van der Waals surface area contributed by atoms with Crippen molar-refractivity contribution in [2.75, 3.05) is 6.61 Å². The zero-order valence-corrected chi connectivity index (χ0v) is 12.6. The molecule has 1 aliphatic heterocycles. The van der Waals surface area contributed by atoms with Gasteiger partial charge in [-0.2, -0.15) is 0 Å². The second kappa shape index (κ2) is 7.26. The van der Waals surface area contributed by atoms with Crippen LogP contribution in [0.25, 0.3) is 0 Å². The molecule has 0 saturated carbocycles. The van der Waals surface area contributed by atoms with Crippen LogP contribution in [0.2, 0.25) is 5.02 Å². The van der Waals surface area contributed by atoms with E-state index < -0.39 is 43.2 Å². The van der Waals surface area contributed by atoms with Crippen molar-refractivity contribution in [2.45, 2.75) is 37.6 Å². The normalized spacial score (nSPS) is 31.6. The number of amides is 1. The summed E-state index contributed by atoms with van der Waals surface area (Å²) in [7, 11) is 0. The van der Waals surface area contributed by atoms with Crippen LogP contribution in [-0.2, 0) is 9.53 Å². The standard InChI is InChI=1S/C14H18ClNO6/c1-7(18)16-11-13(20)12(19)10(6-17)22-14(11)21-9-5-3-2-4-8(9)15/h2-5,10-14,17,19-20H,6H2,1H3,(H,16,18)/t10-,11-,12+,13-,14+/m1/s1. The Morgan fingerprint density at radius 1 is 1.36 bits per heavy atom. The summed E-state index contributed by atoms with van der Waals surface area (Å²) in [4.78, 5) is 11.3. The summed E-state index contributed by atoms with van der Waals surface area (Å²) in [5.41, 5.74) is 0. The Hall–Kier alpha value is -1.38. The average molecular weight is 332 g/mol. The van der Waals surface area contributed by atoms with Gasteiger partial charge in [0, 0.05) is 6.92 Å². The van der Waals surface area contributed by atoms with E-state index in [1.54, 1.807) is 24.3 Å². The fourth-order valence-electron chi connectivity index (χ4n) is 2.24. The van der Waals surface area contributed by atoms with Crippen LogP contribution < -0.4 is 10.1 Å². The number of aliphatic hydroxyl groups excluding tert-OH is 3. The number of ether oxygens (including phenoxy) is 2. The van der Waals surface area contributed by atoms with Crippen LogP contribution in [0, 0.1) is 0 Å². The largest absolute Gasteiger partial charge is 0.461 e. The third-order valence-corrected chi connectivity index (χ3v) is 3.64. The molecular formula is C14H18ClNO6. The minimum absolute atomic E-state index is 0.296. The number of hydrogen-bond acceptors (Lipinski definition) is 6. The number of benzene rings is 1. The molecule has 1 aromatic carbocycles. The van der Waals surface area contributed by atoms with Gasteiger partial charge in [0.2, 0.25) is 12.2 Å². The van der Waals surface area contributed by atoms with Crippen molar-refractivity contribution in [1.29, 1.82) is 0 Å². The molecule has 1 aromatic rings. The molecule has 22 heavy (non-hydrogen) atoms. The first kappa shape index (κ1) is 17.0. The predicted molar refractivity (Wildman–Crippen MR) is 77.4 cm³/mol. The average Bonchev–Trinajstić information content (AvgIpc) is 2.48. The van der Waals surface area contributed by atoms with E-state index in [1.165, 1.54) is 6.92 Å². The van der Waals surface area contributed by atoms with Crippen molar-refractivity contribution < 1.29 is 29.6 Å². The van der Waals surface area contributed by atoms with Gasteiger partial charge in [-0.3, -0.25) is 4.79 Å². The van der Waals surface area contributed by atoms with Crippen LogP contribution in [0.3, 0.4) is 0 Å². The zero-order valence-electron chi connectivity index (χ0n) is 11.8. The number of carbonyl (C=O) groups excluding carboxylic acids is 1. The molecule has 0 aromatic heterocycles. The quantitative estimate of drug-likeness (QED) is 0.601. The first-order chi connectivity index (χ1) is 10.4. The number of rotatable bonds is 4. The van der Waals surface area contributed by atoms with Crippen molar-refractivity contribution in [2.24, 2.45) is 0 Å². The predicted octanol–water partition coefficient (Wildman–Crippen LogP) is -0.338. The number of para-hydroxylation sites is 1. The van der Waals surface area contributed by atoms with Crippen LogP contribution in [0.15, 0.2) is 24.3 Å². The first-order valence-electron chi connectivity index (χ1n) is 6.74. The molecule has 0 aliphatic carbocycles. The van der Waals surface area contributed by atoms with Gasteiger partial charge in [-0.15, -0.1) is 0 Å². The summed E-state index contributed by atoms with van der Waals surface area (Å²) in [6, 6.07) is 5.62. The van der Waals surface area contributed by atoms with Crippen LogP contribution in [0.4, 0.5) is 0 Å². The lowest BCUT2D eigenvalue weighted by atomic mass is 9.97. The molecule has 0 spiro atoms. The van der Waals surface area contributed by atoms with E-state index in [9.17, 15) is 20.1 Å². The maximum atomic E-state index is 11.3. The molecule has 122 valence electrons. The molecule has 1 aliphatic rings. The maximum Gasteiger partial charge on any atom is 0.223 e. The Morgan fingerprint density at radius 3 is 2.64 bits per heavy atom. The monoisotopic (exact) mass is 331 g/mol. The van der Waals surface area contributed by atoms with E-state index in [-0.39, 0.29) is 0 Å². The summed E-state index contributed by atoms with van der Waals surface area (Å²) >= 11 is 6.00. The molecule has 1 heterocycles. The Balaban J connectivity index is 2.23. The third-order valence-electron chi connectivity index (χ3n) is 3.33. The lowest BCUT2D eigenvalue weighted by molar-refractivity contribution is -0.244. The summed E-state index contributed by atoms with van der Waals surface area (Å²) in [6.45, 7) is 0.761. The molecule has 1 amide bonds. The number of halogens is 1. The first-order valence-corrected chi connectivity index (χ1v) is 7.12. The van der Waals surface area contributed by atoms with E-state index >= 15 is 0 Å². The van der Waals surface area contributed by atoms with Crippen molar-refractivity contribution in [1.82, 2.24) is 5.32 Å². The van der Waals surface area contributed by atoms with Gasteiger partial charge in [-0.25, -0.2) is 0 Å². The summed E-state index contributed by atoms with van der Waals surface area (Å²) in [5, 5.41) is 32.0. The molecule has 7 nitrogen and oxygen atoms in total. The Morgan fingerprint density at radius 2 is 2.05 bits per heavy atom. The lowest BCUT2D eigenvalue weighted by Gasteiger charge is -2.42. The highest BCUT2D eigenvalue weighted by molar-refractivity contribution is 6.32. The minimum Gasteiger partial charge on any atom is -0.461 e. The fraction of sp³-hybridized carbons (Fsp3) is 0.500. The Labute approximate surface area is 132 Å². The van der Waals surface area contributed by atoms with Crippen molar-refractivity contribution in [3.8, 4) is 5.75 Å². The molecule has 5 atom stereocenters. The molecular weight excluding hydrogens is 314 g/mol.